The van der Waals surface area contributed by atoms with Crippen molar-refractivity contribution >= 4 is 5.69 Å². The molecule has 106 valence electrons. The molecule has 3 nitrogen and oxygen atoms in total. The van der Waals surface area contributed by atoms with Gasteiger partial charge in [-0.25, -0.2) is 0 Å². The number of para-hydroxylation sites is 1. The maximum absolute atomic E-state index is 5.94. The minimum absolute atomic E-state index is 0.206. The molecule has 0 bridgehead atoms. The van der Waals surface area contributed by atoms with E-state index >= 15 is 0 Å². The van der Waals surface area contributed by atoms with E-state index in [-0.39, 0.29) is 6.04 Å². The van der Waals surface area contributed by atoms with Gasteiger partial charge < -0.3 is 15.4 Å². The quantitative estimate of drug-likeness (QED) is 0.886. The first-order chi connectivity index (χ1) is 9.16. The highest BCUT2D eigenvalue weighted by molar-refractivity contribution is 5.53. The Morgan fingerprint density at radius 3 is 2.68 bits per heavy atom. The first kappa shape index (κ1) is 14.4. The number of rotatable bonds is 5. The highest BCUT2D eigenvalue weighted by Crippen LogP contribution is 2.24. The minimum Gasteiger partial charge on any atom is -0.381 e. The fourth-order valence-corrected chi connectivity index (χ4v) is 2.82. The molecule has 1 atom stereocenters. The zero-order chi connectivity index (χ0) is 13.7. The van der Waals surface area contributed by atoms with Crippen LogP contribution in [0.25, 0.3) is 0 Å². The first-order valence-corrected chi connectivity index (χ1v) is 7.29. The first-order valence-electron chi connectivity index (χ1n) is 7.29. The van der Waals surface area contributed by atoms with Gasteiger partial charge in [-0.2, -0.15) is 0 Å². The third-order valence-electron chi connectivity index (χ3n) is 3.82. The Balaban J connectivity index is 2.02. The van der Waals surface area contributed by atoms with Crippen molar-refractivity contribution in [2.75, 3.05) is 31.7 Å². The molecule has 1 aliphatic rings. The molecule has 2 rings (SSSR count). The van der Waals surface area contributed by atoms with E-state index in [1.54, 1.807) is 0 Å². The van der Waals surface area contributed by atoms with E-state index in [2.05, 4.69) is 43.1 Å². The maximum Gasteiger partial charge on any atom is 0.0469 e. The molecule has 19 heavy (non-hydrogen) atoms. The van der Waals surface area contributed by atoms with Crippen LogP contribution in [0.5, 0.6) is 0 Å². The van der Waals surface area contributed by atoms with E-state index in [1.807, 2.05) is 0 Å². The molecule has 1 saturated heterocycles. The smallest absolute Gasteiger partial charge is 0.0469 e. The molecular weight excluding hydrogens is 236 g/mol. The van der Waals surface area contributed by atoms with Gasteiger partial charge in [0.2, 0.25) is 0 Å². The fraction of sp³-hybridized carbons (Fsp3) is 0.625. The van der Waals surface area contributed by atoms with Crippen LogP contribution in [0.3, 0.4) is 0 Å². The molecule has 1 aromatic rings. The molecule has 2 N–H and O–H groups in total. The van der Waals surface area contributed by atoms with Crippen LogP contribution >= 0.6 is 0 Å². The van der Waals surface area contributed by atoms with Gasteiger partial charge in [0.25, 0.3) is 0 Å². The Bertz CT molecular complexity index is 386. The second kappa shape index (κ2) is 6.92. The summed E-state index contributed by atoms with van der Waals surface area (Å²) in [6.45, 7) is 5.01. The van der Waals surface area contributed by atoms with E-state index in [0.717, 1.165) is 32.1 Å². The molecule has 1 aromatic carbocycles. The number of nitrogens with zero attached hydrogens (tertiary/aromatic N) is 1. The molecule has 0 aromatic heterocycles. The lowest BCUT2D eigenvalue weighted by Crippen LogP contribution is -2.30. The molecule has 0 saturated carbocycles. The molecule has 0 spiro atoms. The topological polar surface area (TPSA) is 38.5 Å². The SMILES string of the molecule is CC(N)Cc1ccccc1N(C)CC1CCOCC1. The van der Waals surface area contributed by atoms with Crippen LogP contribution in [0.1, 0.15) is 25.3 Å². The van der Waals surface area contributed by atoms with E-state index in [9.17, 15) is 0 Å². The van der Waals surface area contributed by atoms with Crippen molar-refractivity contribution in [3.8, 4) is 0 Å². The molecule has 1 heterocycles. The van der Waals surface area contributed by atoms with E-state index < -0.39 is 0 Å². The van der Waals surface area contributed by atoms with Gasteiger partial charge in [-0.1, -0.05) is 18.2 Å². The Hall–Kier alpha value is -1.06. The molecule has 1 unspecified atom stereocenters. The molecular formula is C16H26N2O. The Morgan fingerprint density at radius 2 is 2.00 bits per heavy atom. The Kier molecular flexibility index (Phi) is 5.23. The number of ether oxygens (including phenoxy) is 1. The van der Waals surface area contributed by atoms with Gasteiger partial charge in [-0.3, -0.25) is 0 Å². The lowest BCUT2D eigenvalue weighted by atomic mass is 9.98. The predicted octanol–water partition coefficient (Wildman–Crippen LogP) is 2.44. The average Bonchev–Trinajstić information content (AvgIpc) is 2.39. The monoisotopic (exact) mass is 262 g/mol. The summed E-state index contributed by atoms with van der Waals surface area (Å²) in [5.41, 5.74) is 8.62. The van der Waals surface area contributed by atoms with Crippen molar-refractivity contribution < 1.29 is 4.74 Å². The molecule has 1 aliphatic heterocycles. The zero-order valence-electron chi connectivity index (χ0n) is 12.1. The summed E-state index contributed by atoms with van der Waals surface area (Å²) in [6, 6.07) is 8.82. The molecule has 0 amide bonds. The predicted molar refractivity (Wildman–Crippen MR) is 80.6 cm³/mol. The highest BCUT2D eigenvalue weighted by atomic mass is 16.5. The van der Waals surface area contributed by atoms with Crippen LogP contribution in [0, 0.1) is 5.92 Å². The molecule has 0 aliphatic carbocycles. The number of anilines is 1. The summed E-state index contributed by atoms with van der Waals surface area (Å²) in [5.74, 6) is 0.752. The van der Waals surface area contributed by atoms with E-state index in [0.29, 0.717) is 0 Å². The van der Waals surface area contributed by atoms with Gasteiger partial charge in [0, 0.05) is 38.5 Å². The van der Waals surface area contributed by atoms with Crippen LogP contribution < -0.4 is 10.6 Å². The van der Waals surface area contributed by atoms with E-state index in [4.69, 9.17) is 10.5 Å². The van der Waals surface area contributed by atoms with E-state index in [1.165, 1.54) is 24.1 Å². The van der Waals surface area contributed by atoms with Crippen LogP contribution in [-0.4, -0.2) is 32.8 Å². The van der Waals surface area contributed by atoms with Crippen LogP contribution in [0.4, 0.5) is 5.69 Å². The summed E-state index contributed by atoms with van der Waals surface area (Å²) < 4.78 is 5.43. The molecule has 1 fully saturated rings. The van der Waals surface area contributed by atoms with Crippen LogP contribution in [0.15, 0.2) is 24.3 Å². The van der Waals surface area contributed by atoms with Gasteiger partial charge in [-0.05, 0) is 43.7 Å². The van der Waals surface area contributed by atoms with Gasteiger partial charge in [0.05, 0.1) is 0 Å². The number of hydrogen-bond acceptors (Lipinski definition) is 3. The van der Waals surface area contributed by atoms with Crippen LogP contribution in [-0.2, 0) is 11.2 Å². The summed E-state index contributed by atoms with van der Waals surface area (Å²) in [7, 11) is 2.19. The van der Waals surface area contributed by atoms with Crippen molar-refractivity contribution in [1.29, 1.82) is 0 Å². The summed E-state index contributed by atoms with van der Waals surface area (Å²) in [4.78, 5) is 2.38. The molecule has 3 heteroatoms. The Labute approximate surface area is 116 Å². The van der Waals surface area contributed by atoms with Gasteiger partial charge in [0.1, 0.15) is 0 Å². The number of hydrogen-bond donors (Lipinski definition) is 1. The zero-order valence-corrected chi connectivity index (χ0v) is 12.1. The van der Waals surface area contributed by atoms with Crippen molar-refractivity contribution in [2.24, 2.45) is 11.7 Å². The van der Waals surface area contributed by atoms with Gasteiger partial charge >= 0.3 is 0 Å². The fourth-order valence-electron chi connectivity index (χ4n) is 2.82. The number of nitrogens with two attached hydrogens (primary N) is 1. The molecule has 0 radical (unpaired) electrons. The van der Waals surface area contributed by atoms with Gasteiger partial charge in [0.15, 0.2) is 0 Å². The maximum atomic E-state index is 5.94. The summed E-state index contributed by atoms with van der Waals surface area (Å²) >= 11 is 0. The standard InChI is InChI=1S/C16H26N2O/c1-13(17)11-15-5-3-4-6-16(15)18(2)12-14-7-9-19-10-8-14/h3-6,13-14H,7-12,17H2,1-2H3. The van der Waals surface area contributed by atoms with Crippen LogP contribution in [0.2, 0.25) is 0 Å². The van der Waals surface area contributed by atoms with Crippen molar-refractivity contribution in [3.63, 3.8) is 0 Å². The summed E-state index contributed by atoms with van der Waals surface area (Å²) in [5, 5.41) is 0. The third kappa shape index (κ3) is 4.22. The Morgan fingerprint density at radius 1 is 1.32 bits per heavy atom. The average molecular weight is 262 g/mol. The van der Waals surface area contributed by atoms with Gasteiger partial charge in [-0.15, -0.1) is 0 Å². The van der Waals surface area contributed by atoms with Crippen molar-refractivity contribution in [1.82, 2.24) is 0 Å². The largest absolute Gasteiger partial charge is 0.381 e. The summed E-state index contributed by atoms with van der Waals surface area (Å²) in [6.07, 6.45) is 3.30. The van der Waals surface area contributed by atoms with Crippen molar-refractivity contribution in [3.05, 3.63) is 29.8 Å². The van der Waals surface area contributed by atoms with Crippen molar-refractivity contribution in [2.45, 2.75) is 32.2 Å². The number of benzene rings is 1. The second-order valence-electron chi connectivity index (χ2n) is 5.75. The lowest BCUT2D eigenvalue weighted by molar-refractivity contribution is 0.0685. The normalized spacial score (nSPS) is 18.3. The minimum atomic E-state index is 0.206. The second-order valence-corrected chi connectivity index (χ2v) is 5.75. The highest BCUT2D eigenvalue weighted by Gasteiger charge is 2.17. The third-order valence-corrected chi connectivity index (χ3v) is 3.82. The lowest BCUT2D eigenvalue weighted by Gasteiger charge is -2.30.